The molecule has 0 aromatic heterocycles. The Hall–Kier alpha value is -1.95. The van der Waals surface area contributed by atoms with E-state index < -0.39 is 0 Å². The summed E-state index contributed by atoms with van der Waals surface area (Å²) >= 11 is 0. The number of hydrogen-bond donors (Lipinski definition) is 3. The maximum absolute atomic E-state index is 9.92. The molecule has 3 rings (SSSR count). The first-order valence-corrected chi connectivity index (χ1v) is 9.65. The Morgan fingerprint density at radius 1 is 1.35 bits per heavy atom. The van der Waals surface area contributed by atoms with Gasteiger partial charge in [-0.05, 0) is 50.8 Å². The lowest BCUT2D eigenvalue weighted by atomic mass is 9.51. The van der Waals surface area contributed by atoms with Crippen molar-refractivity contribution in [2.75, 3.05) is 20.3 Å². The zero-order valence-corrected chi connectivity index (χ0v) is 16.0. The van der Waals surface area contributed by atoms with E-state index in [1.165, 1.54) is 19.3 Å². The van der Waals surface area contributed by atoms with Crippen LogP contribution in [0.15, 0.2) is 23.2 Å². The van der Waals surface area contributed by atoms with Crippen molar-refractivity contribution in [3.05, 3.63) is 23.8 Å². The van der Waals surface area contributed by atoms with Gasteiger partial charge in [-0.25, -0.2) is 4.99 Å². The van der Waals surface area contributed by atoms with Gasteiger partial charge >= 0.3 is 0 Å². The lowest BCUT2D eigenvalue weighted by Crippen LogP contribution is -2.68. The summed E-state index contributed by atoms with van der Waals surface area (Å²) < 4.78 is 11.0. The quantitative estimate of drug-likeness (QED) is 0.514. The molecular weight excluding hydrogens is 330 g/mol. The van der Waals surface area contributed by atoms with Crippen molar-refractivity contribution in [3.63, 3.8) is 0 Å². The highest BCUT2D eigenvalue weighted by atomic mass is 16.5. The third-order valence-electron chi connectivity index (χ3n) is 5.76. The summed E-state index contributed by atoms with van der Waals surface area (Å²) in [4.78, 5) is 4.70. The first-order chi connectivity index (χ1) is 12.6. The third kappa shape index (κ3) is 3.61. The predicted molar refractivity (Wildman–Crippen MR) is 103 cm³/mol. The zero-order valence-electron chi connectivity index (χ0n) is 16.0. The van der Waals surface area contributed by atoms with Crippen molar-refractivity contribution in [2.24, 2.45) is 10.4 Å². The van der Waals surface area contributed by atoms with Crippen LogP contribution in [0.25, 0.3) is 0 Å². The average molecular weight is 361 g/mol. The fourth-order valence-electron chi connectivity index (χ4n) is 4.13. The molecule has 6 heteroatoms. The Labute approximate surface area is 156 Å². The van der Waals surface area contributed by atoms with Gasteiger partial charge in [0.15, 0.2) is 17.5 Å². The van der Waals surface area contributed by atoms with E-state index in [4.69, 9.17) is 14.5 Å². The zero-order chi connectivity index (χ0) is 18.6. The van der Waals surface area contributed by atoms with E-state index in [1.54, 1.807) is 19.2 Å². The number of methoxy groups -OCH3 is 1. The largest absolute Gasteiger partial charge is 0.504 e. The molecular formula is C20H31N3O3. The number of guanidine groups is 1. The SMILES string of the molecule is CCNC(=NCc1ccc(OC)c(O)c1)NC1CC(OCC)C12CCC2. The van der Waals surface area contributed by atoms with Crippen LogP contribution in [0.4, 0.5) is 0 Å². The van der Waals surface area contributed by atoms with Gasteiger partial charge in [0.1, 0.15) is 0 Å². The second kappa shape index (κ2) is 8.16. The van der Waals surface area contributed by atoms with Crippen molar-refractivity contribution in [3.8, 4) is 11.5 Å². The van der Waals surface area contributed by atoms with Gasteiger partial charge in [-0.1, -0.05) is 12.5 Å². The number of phenols is 1. The first kappa shape index (κ1) is 18.8. The van der Waals surface area contributed by atoms with Crippen molar-refractivity contribution in [2.45, 2.75) is 58.2 Å². The fourth-order valence-corrected chi connectivity index (χ4v) is 4.13. The number of nitrogens with zero attached hydrogens (tertiary/aromatic N) is 1. The van der Waals surface area contributed by atoms with Gasteiger partial charge in [0.05, 0.1) is 19.8 Å². The van der Waals surface area contributed by atoms with Crippen LogP contribution in [-0.4, -0.2) is 43.5 Å². The van der Waals surface area contributed by atoms with Crippen LogP contribution in [-0.2, 0) is 11.3 Å². The molecule has 0 bridgehead atoms. The molecule has 3 N–H and O–H groups in total. The lowest BCUT2D eigenvalue weighted by Gasteiger charge is -2.61. The molecule has 6 nitrogen and oxygen atoms in total. The van der Waals surface area contributed by atoms with Crippen LogP contribution in [0, 0.1) is 5.41 Å². The van der Waals surface area contributed by atoms with Crippen LogP contribution in [0.2, 0.25) is 0 Å². The van der Waals surface area contributed by atoms with Crippen LogP contribution in [0.1, 0.15) is 45.1 Å². The van der Waals surface area contributed by atoms with E-state index in [1.807, 2.05) is 6.07 Å². The molecule has 1 aromatic carbocycles. The number of nitrogens with one attached hydrogen (secondary N) is 2. The van der Waals surface area contributed by atoms with Gasteiger partial charge in [-0.15, -0.1) is 0 Å². The summed E-state index contributed by atoms with van der Waals surface area (Å²) in [5, 5.41) is 16.9. The van der Waals surface area contributed by atoms with Crippen LogP contribution in [0.3, 0.4) is 0 Å². The molecule has 2 unspecified atom stereocenters. The monoisotopic (exact) mass is 361 g/mol. The predicted octanol–water partition coefficient (Wildman–Crippen LogP) is 2.80. The summed E-state index contributed by atoms with van der Waals surface area (Å²) in [6, 6.07) is 5.82. The molecule has 0 heterocycles. The van der Waals surface area contributed by atoms with Gasteiger partial charge in [-0.2, -0.15) is 0 Å². The number of hydrogen-bond acceptors (Lipinski definition) is 4. The lowest BCUT2D eigenvalue weighted by molar-refractivity contribution is -0.168. The molecule has 144 valence electrons. The topological polar surface area (TPSA) is 75.1 Å². The minimum absolute atomic E-state index is 0.144. The molecule has 2 fully saturated rings. The first-order valence-electron chi connectivity index (χ1n) is 9.65. The van der Waals surface area contributed by atoms with Gasteiger partial charge in [0.25, 0.3) is 0 Å². The minimum atomic E-state index is 0.144. The van der Waals surface area contributed by atoms with Gasteiger partial charge in [0.2, 0.25) is 0 Å². The molecule has 0 radical (unpaired) electrons. The molecule has 2 saturated carbocycles. The molecule has 0 saturated heterocycles. The maximum atomic E-state index is 9.92. The molecule has 2 aliphatic carbocycles. The average Bonchev–Trinajstić information content (AvgIpc) is 2.57. The number of aliphatic imine (C=N–C) groups is 1. The van der Waals surface area contributed by atoms with E-state index in [0.29, 0.717) is 29.9 Å². The molecule has 2 aliphatic rings. The van der Waals surface area contributed by atoms with E-state index >= 15 is 0 Å². The molecule has 2 atom stereocenters. The van der Waals surface area contributed by atoms with Crippen molar-refractivity contribution in [1.29, 1.82) is 0 Å². The highest BCUT2D eigenvalue weighted by Gasteiger charge is 2.59. The Balaban J connectivity index is 1.64. The molecule has 1 spiro atoms. The number of ether oxygens (including phenoxy) is 2. The van der Waals surface area contributed by atoms with E-state index in [9.17, 15) is 5.11 Å². The van der Waals surface area contributed by atoms with E-state index in [-0.39, 0.29) is 5.75 Å². The second-order valence-corrected chi connectivity index (χ2v) is 7.16. The summed E-state index contributed by atoms with van der Waals surface area (Å²) in [6.07, 6.45) is 5.20. The number of phenolic OH excluding ortho intramolecular Hbond substituents is 1. The van der Waals surface area contributed by atoms with Crippen LogP contribution < -0.4 is 15.4 Å². The van der Waals surface area contributed by atoms with Crippen LogP contribution >= 0.6 is 0 Å². The summed E-state index contributed by atoms with van der Waals surface area (Å²) in [5.41, 5.74) is 1.24. The third-order valence-corrected chi connectivity index (χ3v) is 5.76. The number of aromatic hydroxyl groups is 1. The smallest absolute Gasteiger partial charge is 0.191 e. The normalized spacial score (nSPS) is 23.9. The van der Waals surface area contributed by atoms with E-state index in [2.05, 4.69) is 24.5 Å². The Bertz CT molecular complexity index is 643. The Morgan fingerprint density at radius 3 is 2.73 bits per heavy atom. The molecule has 0 aliphatic heterocycles. The minimum Gasteiger partial charge on any atom is -0.504 e. The van der Waals surface area contributed by atoms with Crippen LogP contribution in [0.5, 0.6) is 11.5 Å². The number of rotatable bonds is 7. The van der Waals surface area contributed by atoms with Gasteiger partial charge < -0.3 is 25.2 Å². The highest BCUT2D eigenvalue weighted by Crippen LogP contribution is 2.57. The Kier molecular flexibility index (Phi) is 5.91. The van der Waals surface area contributed by atoms with Gasteiger partial charge in [0, 0.05) is 24.6 Å². The molecule has 26 heavy (non-hydrogen) atoms. The molecule has 0 amide bonds. The molecule has 1 aromatic rings. The van der Waals surface area contributed by atoms with Gasteiger partial charge in [-0.3, -0.25) is 0 Å². The second-order valence-electron chi connectivity index (χ2n) is 7.16. The highest BCUT2D eigenvalue weighted by molar-refractivity contribution is 5.80. The van der Waals surface area contributed by atoms with Crippen molar-refractivity contribution < 1.29 is 14.6 Å². The summed E-state index contributed by atoms with van der Waals surface area (Å²) in [7, 11) is 1.55. The van der Waals surface area contributed by atoms with E-state index in [0.717, 1.165) is 31.1 Å². The van der Waals surface area contributed by atoms with Crippen molar-refractivity contribution >= 4 is 5.96 Å². The maximum Gasteiger partial charge on any atom is 0.191 e. The van der Waals surface area contributed by atoms with Crippen molar-refractivity contribution in [1.82, 2.24) is 10.6 Å². The summed E-state index contributed by atoms with van der Waals surface area (Å²) in [5.74, 6) is 1.45. The Morgan fingerprint density at radius 2 is 2.15 bits per heavy atom. The standard InChI is InChI=1S/C20H31N3O3/c1-4-21-19(22-13-14-7-8-16(25-3)15(24)11-14)23-17-12-18(26-5-2)20(17)9-6-10-20/h7-8,11,17-18,24H,4-6,9-10,12-13H2,1-3H3,(H2,21,22,23). The summed E-state index contributed by atoms with van der Waals surface area (Å²) in [6.45, 7) is 6.24. The fraction of sp³-hybridized carbons (Fsp3) is 0.650. The number of benzene rings is 1.